The van der Waals surface area contributed by atoms with E-state index in [0.717, 1.165) is 12.4 Å². The Morgan fingerprint density at radius 1 is 0.900 bits per heavy atom. The minimum absolute atomic E-state index is 0.944. The summed E-state index contributed by atoms with van der Waals surface area (Å²) in [6.07, 6.45) is 1.89. The zero-order chi connectivity index (χ0) is 8.41. The molecule has 0 aromatic heterocycles. The van der Waals surface area contributed by atoms with Crippen molar-refractivity contribution in [1.29, 1.82) is 0 Å². The number of oxime groups is 2. The number of nitrogens with zero attached hydrogens (tertiary/aromatic N) is 2. The lowest BCUT2D eigenvalue weighted by Gasteiger charge is -1.69. The van der Waals surface area contributed by atoms with Crippen molar-refractivity contribution in [1.82, 2.24) is 0 Å². The fraction of sp³-hybridized carbons (Fsp3) is 0. The van der Waals surface area contributed by atoms with E-state index in [4.69, 9.17) is 25.5 Å². The molecule has 0 fully saturated rings. The molecule has 0 aliphatic carbocycles. The third-order valence-electron chi connectivity index (χ3n) is 0.200. The fourth-order valence-electron chi connectivity index (χ4n) is 0.0596. The van der Waals surface area contributed by atoms with Crippen LogP contribution in [0, 0.1) is 0 Å². The van der Waals surface area contributed by atoms with Crippen LogP contribution >= 0.6 is 0 Å². The second-order valence-electron chi connectivity index (χ2n) is 0.875. The number of hydrogen-bond acceptors (Lipinski definition) is 7. The van der Waals surface area contributed by atoms with E-state index in [0.29, 0.717) is 0 Å². The first-order chi connectivity index (χ1) is 4.65. The summed E-state index contributed by atoms with van der Waals surface area (Å²) in [6.45, 7) is 0. The first kappa shape index (κ1) is 11.7. The summed E-state index contributed by atoms with van der Waals surface area (Å²) in [5.41, 5.74) is 0. The van der Waals surface area contributed by atoms with E-state index in [1.54, 1.807) is 0 Å². The van der Waals surface area contributed by atoms with Crippen LogP contribution in [0.4, 0.5) is 0 Å². The molecule has 8 heteroatoms. The predicted molar refractivity (Wildman–Crippen MR) is 33.0 cm³/mol. The van der Waals surface area contributed by atoms with Crippen molar-refractivity contribution in [3.8, 4) is 0 Å². The molecule has 0 heterocycles. The Morgan fingerprint density at radius 2 is 1.10 bits per heavy atom. The molecular formula is C2H7BN2O5. The summed E-state index contributed by atoms with van der Waals surface area (Å²) < 4.78 is 0. The maximum atomic E-state index is 7.56. The minimum Gasteiger partial charge on any atom is -0.411 e. The SMILES string of the molecule is OB(O)O.ON=CC=NO. The van der Waals surface area contributed by atoms with E-state index < -0.39 is 7.32 Å². The van der Waals surface area contributed by atoms with Gasteiger partial charge in [0.15, 0.2) is 0 Å². The lowest BCUT2D eigenvalue weighted by Crippen LogP contribution is -2.07. The summed E-state index contributed by atoms with van der Waals surface area (Å²) in [5, 5.41) is 41.6. The van der Waals surface area contributed by atoms with Crippen molar-refractivity contribution < 1.29 is 25.5 Å². The molecule has 10 heavy (non-hydrogen) atoms. The van der Waals surface area contributed by atoms with E-state index >= 15 is 0 Å². The molecule has 0 aliphatic heterocycles. The van der Waals surface area contributed by atoms with Gasteiger partial charge in [0.2, 0.25) is 0 Å². The molecule has 0 saturated carbocycles. The normalized spacial score (nSPS) is 9.50. The van der Waals surface area contributed by atoms with Crippen LogP contribution in [0.3, 0.4) is 0 Å². The fourth-order valence-corrected chi connectivity index (χ4v) is 0.0596. The van der Waals surface area contributed by atoms with E-state index in [2.05, 4.69) is 10.3 Å². The van der Waals surface area contributed by atoms with Crippen molar-refractivity contribution in [3.63, 3.8) is 0 Å². The highest BCUT2D eigenvalue weighted by atomic mass is 16.5. The second-order valence-corrected chi connectivity index (χ2v) is 0.875. The minimum atomic E-state index is -2.17. The van der Waals surface area contributed by atoms with Gasteiger partial charge in [-0.05, 0) is 0 Å². The highest BCUT2D eigenvalue weighted by molar-refractivity contribution is 6.30. The number of hydrogen-bond donors (Lipinski definition) is 5. The van der Waals surface area contributed by atoms with Crippen LogP contribution in [0.15, 0.2) is 10.3 Å². The van der Waals surface area contributed by atoms with Gasteiger partial charge in [0.05, 0.1) is 12.4 Å². The van der Waals surface area contributed by atoms with Gasteiger partial charge in [0.25, 0.3) is 0 Å². The molecule has 0 aliphatic rings. The Hall–Kier alpha value is -1.12. The van der Waals surface area contributed by atoms with Gasteiger partial charge in [-0.1, -0.05) is 10.3 Å². The van der Waals surface area contributed by atoms with Gasteiger partial charge in [-0.2, -0.15) is 0 Å². The Bertz CT molecular complexity index is 91.1. The predicted octanol–water partition coefficient (Wildman–Crippen LogP) is -2.15. The Labute approximate surface area is 56.7 Å². The van der Waals surface area contributed by atoms with Crippen LogP contribution in [0.5, 0.6) is 0 Å². The smallest absolute Gasteiger partial charge is 0.411 e. The molecule has 0 spiro atoms. The molecule has 0 saturated heterocycles. The van der Waals surface area contributed by atoms with E-state index in [1.807, 2.05) is 0 Å². The van der Waals surface area contributed by atoms with Crippen LogP contribution in [-0.2, 0) is 0 Å². The molecule has 0 radical (unpaired) electrons. The largest absolute Gasteiger partial charge is 0.631 e. The molecule has 0 bridgehead atoms. The lowest BCUT2D eigenvalue weighted by atomic mass is 10.3. The molecule has 0 rings (SSSR count). The molecule has 58 valence electrons. The maximum absolute atomic E-state index is 7.56. The van der Waals surface area contributed by atoms with Crippen molar-refractivity contribution in [2.75, 3.05) is 0 Å². The van der Waals surface area contributed by atoms with Crippen molar-refractivity contribution >= 4 is 19.8 Å². The van der Waals surface area contributed by atoms with Crippen molar-refractivity contribution in [2.24, 2.45) is 10.3 Å². The maximum Gasteiger partial charge on any atom is 0.631 e. The molecule has 0 aromatic rings. The van der Waals surface area contributed by atoms with E-state index in [1.165, 1.54) is 0 Å². The van der Waals surface area contributed by atoms with Crippen LogP contribution in [0.25, 0.3) is 0 Å². The van der Waals surface area contributed by atoms with Crippen LogP contribution in [-0.4, -0.2) is 45.2 Å². The van der Waals surface area contributed by atoms with Gasteiger partial charge in [-0.25, -0.2) is 0 Å². The zero-order valence-electron chi connectivity index (χ0n) is 4.86. The topological polar surface area (TPSA) is 126 Å². The summed E-state index contributed by atoms with van der Waals surface area (Å²) in [4.78, 5) is 0. The molecule has 0 unspecified atom stereocenters. The molecule has 0 aromatic carbocycles. The lowest BCUT2D eigenvalue weighted by molar-refractivity contribution is 0.278. The van der Waals surface area contributed by atoms with Gasteiger partial charge < -0.3 is 25.5 Å². The highest BCUT2D eigenvalue weighted by Crippen LogP contribution is 1.45. The quantitative estimate of drug-likeness (QED) is 0.126. The first-order valence-corrected chi connectivity index (χ1v) is 2.02. The third-order valence-corrected chi connectivity index (χ3v) is 0.200. The highest BCUT2D eigenvalue weighted by Gasteiger charge is 1.92. The first-order valence-electron chi connectivity index (χ1n) is 2.02. The molecule has 5 N–H and O–H groups in total. The summed E-state index contributed by atoms with van der Waals surface area (Å²) in [6, 6.07) is 0. The van der Waals surface area contributed by atoms with Gasteiger partial charge in [-0.3, -0.25) is 0 Å². The Balaban J connectivity index is 0. The molecule has 0 amide bonds. The monoisotopic (exact) mass is 150 g/mol. The van der Waals surface area contributed by atoms with Gasteiger partial charge in [0.1, 0.15) is 0 Å². The van der Waals surface area contributed by atoms with E-state index in [-0.39, 0.29) is 0 Å². The average molecular weight is 150 g/mol. The van der Waals surface area contributed by atoms with Gasteiger partial charge >= 0.3 is 7.32 Å². The van der Waals surface area contributed by atoms with Crippen LogP contribution < -0.4 is 0 Å². The van der Waals surface area contributed by atoms with Crippen LogP contribution in [0.2, 0.25) is 0 Å². The summed E-state index contributed by atoms with van der Waals surface area (Å²) >= 11 is 0. The summed E-state index contributed by atoms with van der Waals surface area (Å²) in [5.74, 6) is 0. The average Bonchev–Trinajstić information content (AvgIpc) is 1.82. The molecular weight excluding hydrogens is 143 g/mol. The van der Waals surface area contributed by atoms with E-state index in [9.17, 15) is 0 Å². The molecule has 7 nitrogen and oxygen atoms in total. The second kappa shape index (κ2) is 10.8. The third kappa shape index (κ3) is 67.1. The zero-order valence-corrected chi connectivity index (χ0v) is 4.86. The van der Waals surface area contributed by atoms with Crippen molar-refractivity contribution in [3.05, 3.63) is 0 Å². The van der Waals surface area contributed by atoms with Gasteiger partial charge in [0, 0.05) is 0 Å². The number of rotatable bonds is 1. The standard InChI is InChI=1S/C2H4N2O2.BH3O3/c5-3-1-2-4-6;2-1(3)4/h1-2,5-6H;2-4H. The molecule has 0 atom stereocenters. The summed E-state index contributed by atoms with van der Waals surface area (Å²) in [7, 11) is -2.17. The van der Waals surface area contributed by atoms with Gasteiger partial charge in [-0.15, -0.1) is 0 Å². The Kier molecular flexibility index (Phi) is 12.6. The Morgan fingerprint density at radius 3 is 1.20 bits per heavy atom. The van der Waals surface area contributed by atoms with Crippen molar-refractivity contribution in [2.45, 2.75) is 0 Å². The van der Waals surface area contributed by atoms with Crippen LogP contribution in [0.1, 0.15) is 0 Å².